The smallest absolute Gasteiger partial charge is 0.301 e. The molecule has 0 aliphatic carbocycles. The fourth-order valence-corrected chi connectivity index (χ4v) is 1.29. The Hall–Kier alpha value is -0.710. The number of nitrogens with zero attached hydrogens (tertiary/aromatic N) is 2. The van der Waals surface area contributed by atoms with Crippen LogP contribution < -0.4 is 0 Å². The minimum Gasteiger partial charge on any atom is -0.411 e. The van der Waals surface area contributed by atoms with Crippen LogP contribution in [-0.2, 0) is 0 Å². The molecule has 0 atom stereocenters. The van der Waals surface area contributed by atoms with Crippen molar-refractivity contribution in [1.29, 1.82) is 0 Å². The summed E-state index contributed by atoms with van der Waals surface area (Å²) in [6.07, 6.45) is 0.150. The molecule has 1 rings (SSSR count). The van der Waals surface area contributed by atoms with Crippen LogP contribution in [0.5, 0.6) is 0 Å². The number of halogens is 2. The van der Waals surface area contributed by atoms with Gasteiger partial charge in [-0.1, -0.05) is 12.1 Å². The van der Waals surface area contributed by atoms with Crippen molar-refractivity contribution >= 4 is 5.71 Å². The van der Waals surface area contributed by atoms with Crippen molar-refractivity contribution in [3.63, 3.8) is 0 Å². The summed E-state index contributed by atoms with van der Waals surface area (Å²) in [5, 5.41) is 10.9. The van der Waals surface area contributed by atoms with Gasteiger partial charge in [-0.15, -0.1) is 0 Å². The Balaban J connectivity index is 2.67. The number of piperidine rings is 1. The Morgan fingerprint density at radius 1 is 1.67 bits per heavy atom. The molecule has 12 heavy (non-hydrogen) atoms. The maximum absolute atomic E-state index is 13.0. The van der Waals surface area contributed by atoms with Crippen LogP contribution in [0.4, 0.5) is 8.78 Å². The highest BCUT2D eigenvalue weighted by Crippen LogP contribution is 2.24. The van der Waals surface area contributed by atoms with Gasteiger partial charge >= 0.3 is 5.92 Å². The molecule has 0 bridgehead atoms. The van der Waals surface area contributed by atoms with Gasteiger partial charge in [0.2, 0.25) is 0 Å². The summed E-state index contributed by atoms with van der Waals surface area (Å²) in [6, 6.07) is 0. The van der Waals surface area contributed by atoms with Crippen molar-refractivity contribution in [2.75, 3.05) is 19.6 Å². The second kappa shape index (κ2) is 3.35. The summed E-state index contributed by atoms with van der Waals surface area (Å²) in [7, 11) is 0. The molecule has 70 valence electrons. The highest BCUT2D eigenvalue weighted by molar-refractivity contribution is 5.91. The molecule has 1 fully saturated rings. The summed E-state index contributed by atoms with van der Waals surface area (Å²) in [6.45, 7) is 2.65. The largest absolute Gasteiger partial charge is 0.411 e. The van der Waals surface area contributed by atoms with Gasteiger partial charge in [-0.2, -0.15) is 8.78 Å². The Labute approximate surface area is 69.7 Å². The summed E-state index contributed by atoms with van der Waals surface area (Å²) in [5.41, 5.74) is -0.396. The standard InChI is InChI=1S/C7H12F2N2O/c1-2-11-4-3-6(10-12)7(8,9)5-11/h12H,2-5H2,1H3/b10-6+. The van der Waals surface area contributed by atoms with Crippen molar-refractivity contribution in [3.8, 4) is 0 Å². The molecule has 0 amide bonds. The first-order valence-electron chi connectivity index (χ1n) is 3.91. The Morgan fingerprint density at radius 2 is 2.33 bits per heavy atom. The third kappa shape index (κ3) is 1.72. The van der Waals surface area contributed by atoms with E-state index in [4.69, 9.17) is 5.21 Å². The molecule has 1 N–H and O–H groups in total. The van der Waals surface area contributed by atoms with Crippen LogP contribution in [0.25, 0.3) is 0 Å². The van der Waals surface area contributed by atoms with E-state index in [1.807, 2.05) is 6.92 Å². The summed E-state index contributed by atoms with van der Waals surface area (Å²) in [4.78, 5) is 1.63. The van der Waals surface area contributed by atoms with E-state index < -0.39 is 11.6 Å². The lowest BCUT2D eigenvalue weighted by atomic mass is 10.1. The molecule has 3 nitrogen and oxygen atoms in total. The molecule has 0 saturated carbocycles. The van der Waals surface area contributed by atoms with E-state index in [1.54, 1.807) is 4.90 Å². The molecular weight excluding hydrogens is 166 g/mol. The van der Waals surface area contributed by atoms with Gasteiger partial charge in [0.15, 0.2) is 0 Å². The van der Waals surface area contributed by atoms with Gasteiger partial charge in [-0.25, -0.2) is 0 Å². The van der Waals surface area contributed by atoms with Crippen molar-refractivity contribution in [2.45, 2.75) is 19.3 Å². The zero-order chi connectivity index (χ0) is 9.19. The van der Waals surface area contributed by atoms with Crippen LogP contribution in [0.15, 0.2) is 5.16 Å². The minimum atomic E-state index is -2.96. The number of alkyl halides is 2. The third-order valence-electron chi connectivity index (χ3n) is 2.08. The number of oxime groups is 1. The molecule has 1 aliphatic heterocycles. The van der Waals surface area contributed by atoms with Crippen molar-refractivity contribution < 1.29 is 14.0 Å². The third-order valence-corrected chi connectivity index (χ3v) is 2.08. The molecule has 0 aromatic heterocycles. The fraction of sp³-hybridized carbons (Fsp3) is 0.857. The lowest BCUT2D eigenvalue weighted by Gasteiger charge is -2.31. The van der Waals surface area contributed by atoms with Gasteiger partial charge in [0, 0.05) is 13.0 Å². The van der Waals surface area contributed by atoms with E-state index in [2.05, 4.69) is 5.16 Å². The maximum Gasteiger partial charge on any atom is 0.301 e. The number of likely N-dealkylation sites (tertiary alicyclic amines) is 1. The predicted molar refractivity (Wildman–Crippen MR) is 40.9 cm³/mol. The maximum atomic E-state index is 13.0. The van der Waals surface area contributed by atoms with Crippen LogP contribution in [0.3, 0.4) is 0 Å². The number of hydrogen-bond donors (Lipinski definition) is 1. The van der Waals surface area contributed by atoms with E-state index in [9.17, 15) is 8.78 Å². The second-order valence-electron chi connectivity index (χ2n) is 2.87. The van der Waals surface area contributed by atoms with Gasteiger partial charge in [0.1, 0.15) is 5.71 Å². The van der Waals surface area contributed by atoms with Crippen molar-refractivity contribution in [3.05, 3.63) is 0 Å². The molecule has 0 unspecified atom stereocenters. The lowest BCUT2D eigenvalue weighted by Crippen LogP contribution is -2.48. The van der Waals surface area contributed by atoms with Crippen molar-refractivity contribution in [1.82, 2.24) is 4.90 Å². The van der Waals surface area contributed by atoms with Gasteiger partial charge in [-0.3, -0.25) is 4.90 Å². The first-order chi connectivity index (χ1) is 5.60. The molecule has 0 radical (unpaired) electrons. The average Bonchev–Trinajstić information content (AvgIpc) is 2.02. The van der Waals surface area contributed by atoms with Gasteiger partial charge in [0.05, 0.1) is 6.54 Å². The summed E-state index contributed by atoms with van der Waals surface area (Å²) >= 11 is 0. The Morgan fingerprint density at radius 3 is 2.75 bits per heavy atom. The average molecular weight is 178 g/mol. The van der Waals surface area contributed by atoms with E-state index in [-0.39, 0.29) is 13.0 Å². The molecule has 0 spiro atoms. The zero-order valence-corrected chi connectivity index (χ0v) is 6.93. The van der Waals surface area contributed by atoms with Crippen LogP contribution in [0, 0.1) is 0 Å². The molecule has 1 aliphatic rings. The quantitative estimate of drug-likeness (QED) is 0.483. The summed E-state index contributed by atoms with van der Waals surface area (Å²) < 4.78 is 25.9. The zero-order valence-electron chi connectivity index (χ0n) is 6.93. The molecule has 0 aromatic carbocycles. The normalized spacial score (nSPS) is 27.8. The highest BCUT2D eigenvalue weighted by Gasteiger charge is 2.41. The van der Waals surface area contributed by atoms with E-state index in [0.29, 0.717) is 13.1 Å². The fourth-order valence-electron chi connectivity index (χ4n) is 1.29. The number of rotatable bonds is 1. The predicted octanol–water partition coefficient (Wildman–Crippen LogP) is 1.18. The van der Waals surface area contributed by atoms with E-state index >= 15 is 0 Å². The van der Waals surface area contributed by atoms with Gasteiger partial charge in [0.25, 0.3) is 0 Å². The topological polar surface area (TPSA) is 35.8 Å². The van der Waals surface area contributed by atoms with Crippen LogP contribution in [0.2, 0.25) is 0 Å². The van der Waals surface area contributed by atoms with Gasteiger partial charge < -0.3 is 5.21 Å². The number of hydrogen-bond acceptors (Lipinski definition) is 3. The van der Waals surface area contributed by atoms with E-state index in [1.165, 1.54) is 0 Å². The SMILES string of the molecule is CCN1CC/C(=N\O)C(F)(F)C1. The monoisotopic (exact) mass is 178 g/mol. The van der Waals surface area contributed by atoms with Crippen molar-refractivity contribution in [2.24, 2.45) is 5.16 Å². The summed E-state index contributed by atoms with van der Waals surface area (Å²) in [5.74, 6) is -2.96. The molecule has 1 heterocycles. The van der Waals surface area contributed by atoms with Crippen LogP contribution >= 0.6 is 0 Å². The Kier molecular flexibility index (Phi) is 2.62. The first-order valence-corrected chi connectivity index (χ1v) is 3.91. The van der Waals surface area contributed by atoms with Crippen LogP contribution in [0.1, 0.15) is 13.3 Å². The van der Waals surface area contributed by atoms with Crippen LogP contribution in [-0.4, -0.2) is 41.4 Å². The highest BCUT2D eigenvalue weighted by atomic mass is 19.3. The molecular formula is C7H12F2N2O. The van der Waals surface area contributed by atoms with Gasteiger partial charge in [-0.05, 0) is 6.54 Å². The molecule has 0 aromatic rings. The first kappa shape index (κ1) is 9.38. The second-order valence-corrected chi connectivity index (χ2v) is 2.87. The van der Waals surface area contributed by atoms with E-state index in [0.717, 1.165) is 0 Å². The Bertz CT molecular complexity index is 194. The molecule has 5 heteroatoms. The minimum absolute atomic E-state index is 0.150. The lowest BCUT2D eigenvalue weighted by molar-refractivity contribution is 0.0160. The molecule has 1 saturated heterocycles.